The van der Waals surface area contributed by atoms with E-state index >= 15 is 0 Å². The van der Waals surface area contributed by atoms with Crippen molar-refractivity contribution in [2.45, 2.75) is 13.8 Å². The number of hydrogen-bond donors (Lipinski definition) is 1. The normalized spacial score (nSPS) is 10.6. The van der Waals surface area contributed by atoms with E-state index in [-0.39, 0.29) is 5.91 Å². The van der Waals surface area contributed by atoms with Gasteiger partial charge < -0.3 is 5.32 Å². The number of nitrogens with one attached hydrogen (secondary N) is 1. The van der Waals surface area contributed by atoms with Crippen LogP contribution in [0.25, 0.3) is 11.3 Å². The van der Waals surface area contributed by atoms with Gasteiger partial charge in [-0.15, -0.1) is 11.3 Å². The monoisotopic (exact) mass is 342 g/mol. The van der Waals surface area contributed by atoms with Gasteiger partial charge in [-0.1, -0.05) is 29.8 Å². The minimum Gasteiger partial charge on any atom is -0.321 e. The third-order valence-corrected chi connectivity index (χ3v) is 4.94. The number of rotatable bonds is 3. The number of anilines is 1. The summed E-state index contributed by atoms with van der Waals surface area (Å²) in [5, 5.41) is 5.48. The van der Waals surface area contributed by atoms with Crippen molar-refractivity contribution in [2.75, 3.05) is 5.32 Å². The zero-order valence-electron chi connectivity index (χ0n) is 12.8. The molecule has 0 aliphatic heterocycles. The second-order valence-corrected chi connectivity index (χ2v) is 6.71. The van der Waals surface area contributed by atoms with Gasteiger partial charge in [0, 0.05) is 21.4 Å². The van der Waals surface area contributed by atoms with E-state index in [1.807, 2.05) is 49.6 Å². The van der Waals surface area contributed by atoms with Gasteiger partial charge in [0.1, 0.15) is 0 Å². The quantitative estimate of drug-likeness (QED) is 0.698. The molecule has 1 N–H and O–H groups in total. The number of aromatic nitrogens is 1. The lowest BCUT2D eigenvalue weighted by atomic mass is 10.1. The van der Waals surface area contributed by atoms with Crippen molar-refractivity contribution >= 4 is 34.5 Å². The van der Waals surface area contributed by atoms with Gasteiger partial charge in [-0.2, -0.15) is 0 Å². The van der Waals surface area contributed by atoms with Crippen LogP contribution >= 0.6 is 22.9 Å². The van der Waals surface area contributed by atoms with E-state index in [4.69, 9.17) is 11.6 Å². The number of aryl methyl sites for hydroxylation is 2. The van der Waals surface area contributed by atoms with Gasteiger partial charge >= 0.3 is 0 Å². The number of carbonyl (C=O) groups is 1. The Morgan fingerprint density at radius 2 is 1.96 bits per heavy atom. The minimum atomic E-state index is -0.137. The van der Waals surface area contributed by atoms with Crippen LogP contribution < -0.4 is 5.32 Å². The molecule has 116 valence electrons. The third kappa shape index (κ3) is 3.28. The molecule has 3 nitrogen and oxygen atoms in total. The summed E-state index contributed by atoms with van der Waals surface area (Å²) in [4.78, 5) is 17.8. The number of carbonyl (C=O) groups excluding carboxylic acids is 1. The van der Waals surface area contributed by atoms with Crippen molar-refractivity contribution < 1.29 is 4.79 Å². The summed E-state index contributed by atoms with van der Waals surface area (Å²) in [7, 11) is 0. The van der Waals surface area contributed by atoms with Crippen molar-refractivity contribution in [1.82, 2.24) is 4.98 Å². The Morgan fingerprint density at radius 1 is 1.17 bits per heavy atom. The van der Waals surface area contributed by atoms with E-state index < -0.39 is 0 Å². The molecule has 0 bridgehead atoms. The zero-order chi connectivity index (χ0) is 16.4. The van der Waals surface area contributed by atoms with Crippen molar-refractivity contribution in [1.29, 1.82) is 0 Å². The third-order valence-electron chi connectivity index (χ3n) is 3.60. The summed E-state index contributed by atoms with van der Waals surface area (Å²) in [6.07, 6.45) is 1.65. The van der Waals surface area contributed by atoms with Crippen LogP contribution in [-0.4, -0.2) is 10.9 Å². The van der Waals surface area contributed by atoms with Crippen LogP contribution in [0.1, 0.15) is 20.8 Å². The van der Waals surface area contributed by atoms with Gasteiger partial charge in [0.15, 0.2) is 0 Å². The Morgan fingerprint density at radius 3 is 2.57 bits per heavy atom. The summed E-state index contributed by atoms with van der Waals surface area (Å²) in [6, 6.07) is 11.2. The molecule has 0 atom stereocenters. The molecule has 3 aromatic rings. The Labute approximate surface area is 144 Å². The maximum Gasteiger partial charge on any atom is 0.255 e. The van der Waals surface area contributed by atoms with Crippen LogP contribution in [0, 0.1) is 13.8 Å². The molecule has 23 heavy (non-hydrogen) atoms. The summed E-state index contributed by atoms with van der Waals surface area (Å²) >= 11 is 7.80. The van der Waals surface area contributed by atoms with E-state index in [2.05, 4.69) is 10.3 Å². The van der Waals surface area contributed by atoms with Gasteiger partial charge in [-0.25, -0.2) is 0 Å². The number of benzene rings is 1. The van der Waals surface area contributed by atoms with E-state index in [1.54, 1.807) is 23.6 Å². The van der Waals surface area contributed by atoms with Gasteiger partial charge in [-0.3, -0.25) is 9.78 Å². The largest absolute Gasteiger partial charge is 0.321 e. The van der Waals surface area contributed by atoms with Gasteiger partial charge in [-0.05, 0) is 37.6 Å². The molecule has 0 aliphatic carbocycles. The molecule has 0 spiro atoms. The second-order valence-electron chi connectivity index (χ2n) is 5.22. The Balaban J connectivity index is 1.81. The highest BCUT2D eigenvalue weighted by molar-refractivity contribution is 7.11. The van der Waals surface area contributed by atoms with Crippen LogP contribution in [0.4, 0.5) is 5.69 Å². The Hall–Kier alpha value is -2.17. The molecule has 3 rings (SSSR count). The fraction of sp³-hybridized carbons (Fsp3) is 0.111. The number of halogens is 1. The summed E-state index contributed by atoms with van der Waals surface area (Å²) in [6.45, 7) is 3.93. The second kappa shape index (κ2) is 6.52. The van der Waals surface area contributed by atoms with E-state index in [9.17, 15) is 4.79 Å². The fourth-order valence-corrected chi connectivity index (χ4v) is 3.53. The van der Waals surface area contributed by atoms with Crippen molar-refractivity contribution in [3.63, 3.8) is 0 Å². The average molecular weight is 343 g/mol. The standard InChI is InChI=1S/C18H15ClN2OS/c1-11-5-3-4-6-14(11)18(22)21-13-7-8-16(20-9-13)17-12(2)23-10-15(17)19/h3-10H,1-2H3,(H,21,22). The number of thiophene rings is 1. The predicted molar refractivity (Wildman–Crippen MR) is 96.4 cm³/mol. The highest BCUT2D eigenvalue weighted by Gasteiger charge is 2.12. The summed E-state index contributed by atoms with van der Waals surface area (Å²) < 4.78 is 0. The maximum atomic E-state index is 12.3. The summed E-state index contributed by atoms with van der Waals surface area (Å²) in [5.74, 6) is -0.137. The topological polar surface area (TPSA) is 42.0 Å². The average Bonchev–Trinajstić information content (AvgIpc) is 2.87. The van der Waals surface area contributed by atoms with Gasteiger partial charge in [0.05, 0.1) is 22.6 Å². The van der Waals surface area contributed by atoms with Gasteiger partial charge in [0.25, 0.3) is 5.91 Å². The maximum absolute atomic E-state index is 12.3. The lowest BCUT2D eigenvalue weighted by Crippen LogP contribution is -2.13. The predicted octanol–water partition coefficient (Wildman–Crippen LogP) is 5.33. The lowest BCUT2D eigenvalue weighted by Gasteiger charge is -2.08. The molecular formula is C18H15ClN2OS. The molecule has 1 amide bonds. The zero-order valence-corrected chi connectivity index (χ0v) is 14.3. The highest BCUT2D eigenvalue weighted by Crippen LogP contribution is 2.34. The van der Waals surface area contributed by atoms with E-state index in [1.165, 1.54) is 0 Å². The number of amides is 1. The van der Waals surface area contributed by atoms with E-state index in [0.29, 0.717) is 16.3 Å². The smallest absolute Gasteiger partial charge is 0.255 e. The first-order chi connectivity index (χ1) is 11.1. The molecule has 0 saturated carbocycles. The van der Waals surface area contributed by atoms with Crippen molar-refractivity contribution in [2.24, 2.45) is 0 Å². The van der Waals surface area contributed by atoms with Gasteiger partial charge in [0.2, 0.25) is 0 Å². The van der Waals surface area contributed by atoms with Crippen molar-refractivity contribution in [3.05, 3.63) is 69.0 Å². The summed E-state index contributed by atoms with van der Waals surface area (Å²) in [5.41, 5.74) is 4.02. The molecule has 0 fully saturated rings. The minimum absolute atomic E-state index is 0.137. The number of hydrogen-bond acceptors (Lipinski definition) is 3. The number of pyridine rings is 1. The van der Waals surface area contributed by atoms with Crippen molar-refractivity contribution in [3.8, 4) is 11.3 Å². The number of nitrogens with zero attached hydrogens (tertiary/aromatic N) is 1. The van der Waals surface area contributed by atoms with Crippen LogP contribution in [0.3, 0.4) is 0 Å². The SMILES string of the molecule is Cc1ccccc1C(=O)Nc1ccc(-c2c(Cl)csc2C)nc1. The Bertz CT molecular complexity index is 836. The molecule has 0 unspecified atom stereocenters. The van der Waals surface area contributed by atoms with Crippen LogP contribution in [-0.2, 0) is 0 Å². The molecule has 5 heteroatoms. The first kappa shape index (κ1) is 15.7. The van der Waals surface area contributed by atoms with Crippen LogP contribution in [0.2, 0.25) is 5.02 Å². The molecule has 1 aromatic carbocycles. The van der Waals surface area contributed by atoms with E-state index in [0.717, 1.165) is 21.7 Å². The molecule has 0 aliphatic rings. The molecule has 2 aromatic heterocycles. The molecule has 0 saturated heterocycles. The molecule has 2 heterocycles. The Kier molecular flexibility index (Phi) is 4.46. The van der Waals surface area contributed by atoms with Crippen LogP contribution in [0.15, 0.2) is 48.0 Å². The van der Waals surface area contributed by atoms with Crippen LogP contribution in [0.5, 0.6) is 0 Å². The first-order valence-electron chi connectivity index (χ1n) is 7.13. The molecular weight excluding hydrogens is 328 g/mol. The lowest BCUT2D eigenvalue weighted by molar-refractivity contribution is 0.102. The highest BCUT2D eigenvalue weighted by atomic mass is 35.5. The fourth-order valence-electron chi connectivity index (χ4n) is 2.37. The first-order valence-corrected chi connectivity index (χ1v) is 8.39. The molecule has 0 radical (unpaired) electrons.